The molecule has 4 rings (SSSR count). The van der Waals surface area contributed by atoms with Crippen LogP contribution in [0.2, 0.25) is 0 Å². The molecular formula is C22H24N4O2. The van der Waals surface area contributed by atoms with Crippen molar-refractivity contribution in [3.8, 4) is 0 Å². The second-order valence-electron chi connectivity index (χ2n) is 7.26. The van der Waals surface area contributed by atoms with Gasteiger partial charge in [0.05, 0.1) is 0 Å². The van der Waals surface area contributed by atoms with Crippen LogP contribution in [0.5, 0.6) is 0 Å². The minimum absolute atomic E-state index is 0.0774. The van der Waals surface area contributed by atoms with Gasteiger partial charge in [-0.3, -0.25) is 9.59 Å². The lowest BCUT2D eigenvalue weighted by Gasteiger charge is -2.28. The van der Waals surface area contributed by atoms with E-state index in [1.807, 2.05) is 49.4 Å². The molecule has 1 aromatic heterocycles. The molecule has 2 N–H and O–H groups in total. The Kier molecular flexibility index (Phi) is 5.10. The van der Waals surface area contributed by atoms with Crippen molar-refractivity contribution in [2.75, 3.05) is 28.6 Å². The molecule has 144 valence electrons. The van der Waals surface area contributed by atoms with E-state index in [-0.39, 0.29) is 6.04 Å². The molecular weight excluding hydrogens is 352 g/mol. The Hall–Kier alpha value is -3.15. The van der Waals surface area contributed by atoms with Gasteiger partial charge in [0.2, 0.25) is 0 Å². The van der Waals surface area contributed by atoms with E-state index >= 15 is 0 Å². The molecule has 6 nitrogen and oxygen atoms in total. The van der Waals surface area contributed by atoms with Crippen LogP contribution in [0.4, 0.5) is 22.9 Å². The van der Waals surface area contributed by atoms with Crippen LogP contribution in [-0.2, 0) is 0 Å². The van der Waals surface area contributed by atoms with Crippen LogP contribution in [0, 0.1) is 0 Å². The fourth-order valence-electron chi connectivity index (χ4n) is 3.63. The third kappa shape index (κ3) is 3.63. The van der Waals surface area contributed by atoms with Crippen LogP contribution in [0.1, 0.15) is 37.8 Å². The lowest BCUT2D eigenvalue weighted by molar-refractivity contribution is 0.573. The van der Waals surface area contributed by atoms with E-state index in [4.69, 9.17) is 0 Å². The van der Waals surface area contributed by atoms with E-state index in [1.54, 1.807) is 6.20 Å². The number of hydrogen-bond donors (Lipinski definition) is 2. The third-order valence-electron chi connectivity index (χ3n) is 5.27. The van der Waals surface area contributed by atoms with Gasteiger partial charge in [-0.15, -0.1) is 0 Å². The molecule has 1 aliphatic rings. The van der Waals surface area contributed by atoms with Crippen molar-refractivity contribution in [3.05, 3.63) is 74.7 Å². The van der Waals surface area contributed by atoms with E-state index in [0.29, 0.717) is 11.4 Å². The van der Waals surface area contributed by atoms with Gasteiger partial charge in [-0.05, 0) is 37.8 Å². The van der Waals surface area contributed by atoms with E-state index < -0.39 is 10.9 Å². The van der Waals surface area contributed by atoms with Crippen molar-refractivity contribution in [1.29, 1.82) is 0 Å². The Balaban J connectivity index is 1.52. The summed E-state index contributed by atoms with van der Waals surface area (Å²) in [6, 6.07) is 13.5. The topological polar surface area (TPSA) is 74.3 Å². The highest BCUT2D eigenvalue weighted by molar-refractivity contribution is 5.79. The standard InChI is InChI=1S/C22H24N4O2/c1-15(16-8-4-2-5-9-16)24-19-20(22(28)21(19)27)25-17-10-11-23-18(14-17)26-12-6-3-7-13-26/h2,4-5,8-11,14-15,24H,3,6-7,12-13H2,1H3,(H,23,25)/t15-/m1/s1. The van der Waals surface area contributed by atoms with Crippen LogP contribution in [0.15, 0.2) is 58.3 Å². The third-order valence-corrected chi connectivity index (χ3v) is 5.27. The molecule has 2 aromatic carbocycles. The molecule has 0 saturated carbocycles. The molecule has 3 aromatic rings. The lowest BCUT2D eigenvalue weighted by atomic mass is 10.1. The number of pyridine rings is 1. The molecule has 6 heteroatoms. The van der Waals surface area contributed by atoms with Crippen molar-refractivity contribution in [3.63, 3.8) is 0 Å². The predicted molar refractivity (Wildman–Crippen MR) is 113 cm³/mol. The second kappa shape index (κ2) is 7.84. The SMILES string of the molecule is C[C@@H](Nc1c(Nc2ccnc(N3CCCCC3)c2)c(=O)c1=O)c1ccccc1. The van der Waals surface area contributed by atoms with Crippen molar-refractivity contribution in [2.24, 2.45) is 0 Å². The molecule has 28 heavy (non-hydrogen) atoms. The van der Waals surface area contributed by atoms with Crippen LogP contribution >= 0.6 is 0 Å². The summed E-state index contributed by atoms with van der Waals surface area (Å²) in [4.78, 5) is 31.0. The van der Waals surface area contributed by atoms with Crippen molar-refractivity contribution >= 4 is 22.9 Å². The summed E-state index contributed by atoms with van der Waals surface area (Å²) in [6.07, 6.45) is 5.33. The minimum atomic E-state index is -0.487. The minimum Gasteiger partial charge on any atom is -0.373 e. The first-order valence-corrected chi connectivity index (χ1v) is 9.76. The summed E-state index contributed by atoms with van der Waals surface area (Å²) < 4.78 is 0. The van der Waals surface area contributed by atoms with Gasteiger partial charge >= 0.3 is 0 Å². The van der Waals surface area contributed by atoms with Gasteiger partial charge in [0, 0.05) is 37.1 Å². The maximum atomic E-state index is 12.1. The molecule has 1 fully saturated rings. The number of aromatic nitrogens is 1. The zero-order valence-electron chi connectivity index (χ0n) is 15.9. The van der Waals surface area contributed by atoms with Crippen molar-refractivity contribution in [1.82, 2.24) is 4.98 Å². The highest BCUT2D eigenvalue weighted by atomic mass is 16.2. The van der Waals surface area contributed by atoms with Crippen LogP contribution < -0.4 is 26.4 Å². The molecule has 1 atom stereocenters. The summed E-state index contributed by atoms with van der Waals surface area (Å²) in [5.74, 6) is 0.899. The molecule has 0 amide bonds. The number of benzene rings is 1. The number of nitrogens with one attached hydrogen (secondary N) is 2. The van der Waals surface area contributed by atoms with Gasteiger partial charge in [0.1, 0.15) is 17.2 Å². The van der Waals surface area contributed by atoms with Gasteiger partial charge in [-0.1, -0.05) is 30.3 Å². The number of nitrogens with zero attached hydrogens (tertiary/aromatic N) is 2. The number of piperidine rings is 1. The maximum absolute atomic E-state index is 12.1. The smallest absolute Gasteiger partial charge is 0.253 e. The molecule has 2 heterocycles. The fraction of sp³-hybridized carbons (Fsp3) is 0.318. The Morgan fingerprint density at radius 3 is 2.43 bits per heavy atom. The Labute approximate surface area is 163 Å². The number of anilines is 4. The summed E-state index contributed by atoms with van der Waals surface area (Å²) >= 11 is 0. The Morgan fingerprint density at radius 2 is 1.68 bits per heavy atom. The average molecular weight is 376 g/mol. The molecule has 0 bridgehead atoms. The van der Waals surface area contributed by atoms with Gasteiger partial charge < -0.3 is 15.5 Å². The largest absolute Gasteiger partial charge is 0.373 e. The normalized spacial score (nSPS) is 15.4. The lowest BCUT2D eigenvalue weighted by Crippen LogP contribution is -2.37. The maximum Gasteiger partial charge on any atom is 0.253 e. The Morgan fingerprint density at radius 1 is 0.964 bits per heavy atom. The quantitative estimate of drug-likeness (QED) is 0.641. The van der Waals surface area contributed by atoms with E-state index in [1.165, 1.54) is 19.3 Å². The first-order chi connectivity index (χ1) is 13.6. The number of hydrogen-bond acceptors (Lipinski definition) is 6. The first kappa shape index (κ1) is 18.2. The predicted octanol–water partition coefficient (Wildman–Crippen LogP) is 3.58. The van der Waals surface area contributed by atoms with Gasteiger partial charge in [-0.2, -0.15) is 0 Å². The molecule has 0 aliphatic carbocycles. The van der Waals surface area contributed by atoms with Gasteiger partial charge in [0.25, 0.3) is 10.9 Å². The summed E-state index contributed by atoms with van der Waals surface area (Å²) in [5.41, 5.74) is 1.52. The molecule has 1 saturated heterocycles. The Bertz CT molecular complexity index is 1020. The summed E-state index contributed by atoms with van der Waals surface area (Å²) in [5, 5.41) is 6.31. The first-order valence-electron chi connectivity index (χ1n) is 9.76. The molecule has 0 spiro atoms. The van der Waals surface area contributed by atoms with Crippen LogP contribution in [0.25, 0.3) is 0 Å². The van der Waals surface area contributed by atoms with E-state index in [9.17, 15) is 9.59 Å². The highest BCUT2D eigenvalue weighted by Crippen LogP contribution is 2.27. The fourth-order valence-corrected chi connectivity index (χ4v) is 3.63. The highest BCUT2D eigenvalue weighted by Gasteiger charge is 2.23. The van der Waals surface area contributed by atoms with Gasteiger partial charge in [-0.25, -0.2) is 4.98 Å². The second-order valence-corrected chi connectivity index (χ2v) is 7.26. The monoisotopic (exact) mass is 376 g/mol. The van der Waals surface area contributed by atoms with Crippen molar-refractivity contribution < 1.29 is 0 Å². The van der Waals surface area contributed by atoms with E-state index in [0.717, 1.165) is 30.2 Å². The van der Waals surface area contributed by atoms with E-state index in [2.05, 4.69) is 20.5 Å². The molecule has 1 aliphatic heterocycles. The summed E-state index contributed by atoms with van der Waals surface area (Å²) in [6.45, 7) is 3.97. The summed E-state index contributed by atoms with van der Waals surface area (Å²) in [7, 11) is 0. The van der Waals surface area contributed by atoms with Crippen LogP contribution in [-0.4, -0.2) is 18.1 Å². The zero-order chi connectivity index (χ0) is 19.5. The molecule has 0 unspecified atom stereocenters. The van der Waals surface area contributed by atoms with Crippen molar-refractivity contribution in [2.45, 2.75) is 32.2 Å². The van der Waals surface area contributed by atoms with Crippen LogP contribution in [0.3, 0.4) is 0 Å². The van der Waals surface area contributed by atoms with Gasteiger partial charge in [0.15, 0.2) is 0 Å². The average Bonchev–Trinajstić information content (AvgIpc) is 2.77. The molecule has 0 radical (unpaired) electrons. The number of rotatable bonds is 6. The zero-order valence-corrected chi connectivity index (χ0v) is 15.9.